The first-order valence-electron chi connectivity index (χ1n) is 5.13. The number of nitrogens with two attached hydrogens (primary N) is 1. The molecule has 0 bridgehead atoms. The summed E-state index contributed by atoms with van der Waals surface area (Å²) in [6.07, 6.45) is 0. The Bertz CT molecular complexity index is 555. The quantitative estimate of drug-likeness (QED) is 0.797. The summed E-state index contributed by atoms with van der Waals surface area (Å²) in [7, 11) is 1.70. The van der Waals surface area contributed by atoms with E-state index in [1.54, 1.807) is 19.2 Å². The van der Waals surface area contributed by atoms with Gasteiger partial charge in [0.2, 0.25) is 5.95 Å². The average Bonchev–Trinajstić information content (AvgIpc) is 2.33. The Morgan fingerprint density at radius 1 is 1.28 bits per heavy atom. The van der Waals surface area contributed by atoms with E-state index < -0.39 is 5.82 Å². The van der Waals surface area contributed by atoms with Gasteiger partial charge in [-0.1, -0.05) is 17.7 Å². The summed E-state index contributed by atoms with van der Waals surface area (Å²) >= 11 is 5.90. The highest BCUT2D eigenvalue weighted by Gasteiger charge is 2.09. The van der Waals surface area contributed by atoms with E-state index in [9.17, 15) is 4.39 Å². The Morgan fingerprint density at radius 2 is 2.00 bits per heavy atom. The molecule has 4 N–H and O–H groups in total. The molecule has 0 saturated heterocycles. The number of hydrogen-bond acceptors (Lipinski definition) is 5. The molecule has 2 rings (SSSR count). The van der Waals surface area contributed by atoms with E-state index in [2.05, 4.69) is 20.6 Å². The van der Waals surface area contributed by atoms with Crippen LogP contribution < -0.4 is 16.4 Å². The average molecular weight is 268 g/mol. The van der Waals surface area contributed by atoms with Crippen molar-refractivity contribution < 1.29 is 4.39 Å². The lowest BCUT2D eigenvalue weighted by Gasteiger charge is -2.10. The molecule has 0 saturated carbocycles. The van der Waals surface area contributed by atoms with Gasteiger partial charge in [0.05, 0.1) is 10.7 Å². The molecule has 2 aromatic rings. The molecule has 0 radical (unpaired) electrons. The SMILES string of the molecule is CNc1cc(Nc2c(F)cccc2Cl)nc(N)n1. The van der Waals surface area contributed by atoms with Crippen molar-refractivity contribution in [3.05, 3.63) is 35.1 Å². The normalized spacial score (nSPS) is 10.2. The summed E-state index contributed by atoms with van der Waals surface area (Å²) in [5, 5.41) is 5.87. The Morgan fingerprint density at radius 3 is 2.67 bits per heavy atom. The van der Waals surface area contributed by atoms with Crippen LogP contribution >= 0.6 is 11.6 Å². The molecule has 0 amide bonds. The van der Waals surface area contributed by atoms with E-state index in [1.165, 1.54) is 12.1 Å². The van der Waals surface area contributed by atoms with Gasteiger partial charge in [0.25, 0.3) is 0 Å². The summed E-state index contributed by atoms with van der Waals surface area (Å²) in [4.78, 5) is 7.88. The maximum Gasteiger partial charge on any atom is 0.223 e. The number of nitrogens with one attached hydrogen (secondary N) is 2. The highest BCUT2D eigenvalue weighted by Crippen LogP contribution is 2.28. The third kappa shape index (κ3) is 2.60. The third-order valence-corrected chi connectivity index (χ3v) is 2.53. The largest absolute Gasteiger partial charge is 0.373 e. The predicted octanol–water partition coefficient (Wildman–Crippen LogP) is 2.64. The van der Waals surface area contributed by atoms with Crippen molar-refractivity contribution in [1.82, 2.24) is 9.97 Å². The van der Waals surface area contributed by atoms with Gasteiger partial charge in [-0.3, -0.25) is 0 Å². The lowest BCUT2D eigenvalue weighted by molar-refractivity contribution is 0.632. The molecule has 0 fully saturated rings. The lowest BCUT2D eigenvalue weighted by atomic mass is 10.3. The zero-order valence-electron chi connectivity index (χ0n) is 9.54. The molecule has 1 aromatic carbocycles. The van der Waals surface area contributed by atoms with E-state index >= 15 is 0 Å². The van der Waals surface area contributed by atoms with Crippen LogP contribution in [0, 0.1) is 5.82 Å². The molecule has 0 unspecified atom stereocenters. The van der Waals surface area contributed by atoms with Crippen LogP contribution in [0.3, 0.4) is 0 Å². The Labute approximate surface area is 108 Å². The lowest BCUT2D eigenvalue weighted by Crippen LogP contribution is -2.04. The number of halogens is 2. The third-order valence-electron chi connectivity index (χ3n) is 2.22. The highest BCUT2D eigenvalue weighted by atomic mass is 35.5. The predicted molar refractivity (Wildman–Crippen MR) is 70.7 cm³/mol. The van der Waals surface area contributed by atoms with Crippen molar-refractivity contribution in [3.8, 4) is 0 Å². The first kappa shape index (κ1) is 12.4. The van der Waals surface area contributed by atoms with Gasteiger partial charge >= 0.3 is 0 Å². The fourth-order valence-corrected chi connectivity index (χ4v) is 1.61. The second-order valence-corrected chi connectivity index (χ2v) is 3.88. The van der Waals surface area contributed by atoms with E-state index in [4.69, 9.17) is 17.3 Å². The van der Waals surface area contributed by atoms with Crippen LogP contribution in [0.4, 0.5) is 27.7 Å². The summed E-state index contributed by atoms with van der Waals surface area (Å²) < 4.78 is 13.6. The van der Waals surface area contributed by atoms with E-state index in [-0.39, 0.29) is 16.7 Å². The van der Waals surface area contributed by atoms with Gasteiger partial charge in [-0.05, 0) is 12.1 Å². The topological polar surface area (TPSA) is 75.9 Å². The van der Waals surface area contributed by atoms with Crippen molar-refractivity contribution in [3.63, 3.8) is 0 Å². The summed E-state index contributed by atoms with van der Waals surface area (Å²) in [6, 6.07) is 6.00. The van der Waals surface area contributed by atoms with Gasteiger partial charge < -0.3 is 16.4 Å². The number of aromatic nitrogens is 2. The Balaban J connectivity index is 2.37. The maximum absolute atomic E-state index is 13.6. The monoisotopic (exact) mass is 267 g/mol. The van der Waals surface area contributed by atoms with Crippen molar-refractivity contribution in [2.75, 3.05) is 23.4 Å². The van der Waals surface area contributed by atoms with Gasteiger partial charge in [-0.25, -0.2) is 4.39 Å². The van der Waals surface area contributed by atoms with Crippen molar-refractivity contribution >= 4 is 34.9 Å². The van der Waals surface area contributed by atoms with E-state index in [0.29, 0.717) is 11.6 Å². The molecule has 7 heteroatoms. The van der Waals surface area contributed by atoms with Crippen LogP contribution in [0.2, 0.25) is 5.02 Å². The summed E-state index contributed by atoms with van der Waals surface area (Å²) in [5.74, 6) is 0.499. The first-order chi connectivity index (χ1) is 8.60. The second kappa shape index (κ2) is 5.05. The molecule has 0 aliphatic heterocycles. The van der Waals surface area contributed by atoms with Crippen molar-refractivity contribution in [2.45, 2.75) is 0 Å². The second-order valence-electron chi connectivity index (χ2n) is 3.47. The van der Waals surface area contributed by atoms with Gasteiger partial charge in [0.15, 0.2) is 0 Å². The number of nitrogen functional groups attached to an aromatic ring is 1. The molecular weight excluding hydrogens is 257 g/mol. The highest BCUT2D eigenvalue weighted by molar-refractivity contribution is 6.33. The molecule has 0 aliphatic carbocycles. The van der Waals surface area contributed by atoms with Crippen LogP contribution in [0.1, 0.15) is 0 Å². The van der Waals surface area contributed by atoms with Crippen LogP contribution in [0.15, 0.2) is 24.3 Å². The maximum atomic E-state index is 13.6. The molecule has 94 valence electrons. The molecule has 0 atom stereocenters. The van der Waals surface area contributed by atoms with Gasteiger partial charge in [0.1, 0.15) is 17.5 Å². The van der Waals surface area contributed by atoms with Crippen LogP contribution in [0.5, 0.6) is 0 Å². The molecular formula is C11H11ClFN5. The van der Waals surface area contributed by atoms with Crippen molar-refractivity contribution in [1.29, 1.82) is 0 Å². The smallest absolute Gasteiger partial charge is 0.223 e. The van der Waals surface area contributed by atoms with Crippen molar-refractivity contribution in [2.24, 2.45) is 0 Å². The molecule has 18 heavy (non-hydrogen) atoms. The number of rotatable bonds is 3. The minimum atomic E-state index is -0.467. The fourth-order valence-electron chi connectivity index (χ4n) is 1.40. The van der Waals surface area contributed by atoms with Crippen LogP contribution in [-0.4, -0.2) is 17.0 Å². The Kier molecular flexibility index (Phi) is 3.47. The first-order valence-corrected chi connectivity index (χ1v) is 5.51. The molecule has 5 nitrogen and oxygen atoms in total. The molecule has 1 heterocycles. The Hall–Kier alpha value is -2.08. The van der Waals surface area contributed by atoms with Crippen LogP contribution in [0.25, 0.3) is 0 Å². The molecule has 0 spiro atoms. The zero-order valence-corrected chi connectivity index (χ0v) is 10.3. The molecule has 1 aromatic heterocycles. The van der Waals surface area contributed by atoms with E-state index in [1.807, 2.05) is 0 Å². The number of para-hydroxylation sites is 1. The zero-order chi connectivity index (χ0) is 13.1. The van der Waals surface area contributed by atoms with Gasteiger partial charge in [-0.15, -0.1) is 0 Å². The number of benzene rings is 1. The number of anilines is 4. The van der Waals surface area contributed by atoms with E-state index in [0.717, 1.165) is 0 Å². The molecule has 0 aliphatic rings. The standard InChI is InChI=1S/C11H11ClFN5/c1-15-8-5-9(18-11(14)17-8)16-10-6(12)3-2-4-7(10)13/h2-5H,1H3,(H4,14,15,16,17,18). The number of hydrogen-bond donors (Lipinski definition) is 3. The minimum Gasteiger partial charge on any atom is -0.373 e. The van der Waals surface area contributed by atoms with Gasteiger partial charge in [0, 0.05) is 13.1 Å². The summed E-state index contributed by atoms with van der Waals surface area (Å²) in [5.41, 5.74) is 5.69. The van der Waals surface area contributed by atoms with Crippen LogP contribution in [-0.2, 0) is 0 Å². The number of nitrogens with zero attached hydrogens (tertiary/aromatic N) is 2. The minimum absolute atomic E-state index is 0.0804. The fraction of sp³-hybridized carbons (Fsp3) is 0.0909. The van der Waals surface area contributed by atoms with Gasteiger partial charge in [-0.2, -0.15) is 9.97 Å². The summed E-state index contributed by atoms with van der Waals surface area (Å²) in [6.45, 7) is 0.